The fourth-order valence-corrected chi connectivity index (χ4v) is 3.99. The van der Waals surface area contributed by atoms with Crippen LogP contribution >= 0.6 is 0 Å². The quantitative estimate of drug-likeness (QED) is 0.349. The molecular formula is C23H40NO2+. The van der Waals surface area contributed by atoms with Gasteiger partial charge in [0, 0.05) is 5.92 Å². The van der Waals surface area contributed by atoms with E-state index in [-0.39, 0.29) is 12.0 Å². The van der Waals surface area contributed by atoms with E-state index < -0.39 is 5.97 Å². The average molecular weight is 363 g/mol. The molecule has 0 amide bonds. The van der Waals surface area contributed by atoms with Crippen molar-refractivity contribution in [3.8, 4) is 0 Å². The second kappa shape index (κ2) is 12.1. The van der Waals surface area contributed by atoms with Gasteiger partial charge in [-0.3, -0.25) is 0 Å². The van der Waals surface area contributed by atoms with Crippen molar-refractivity contribution in [2.24, 2.45) is 5.92 Å². The molecule has 0 aromatic heterocycles. The van der Waals surface area contributed by atoms with Crippen molar-refractivity contribution in [2.45, 2.75) is 77.2 Å². The summed E-state index contributed by atoms with van der Waals surface area (Å²) in [6.45, 7) is 2.25. The van der Waals surface area contributed by atoms with Gasteiger partial charge in [-0.05, 0) is 18.4 Å². The smallest absolute Gasteiger partial charge is 0.362 e. The van der Waals surface area contributed by atoms with E-state index in [9.17, 15) is 9.90 Å². The van der Waals surface area contributed by atoms with Gasteiger partial charge in [0.25, 0.3) is 0 Å². The maximum absolute atomic E-state index is 12.0. The number of carboxylic acid groups (broad SMARTS) is 1. The van der Waals surface area contributed by atoms with Crippen LogP contribution in [0.15, 0.2) is 30.3 Å². The van der Waals surface area contributed by atoms with Crippen molar-refractivity contribution >= 4 is 5.97 Å². The molecule has 0 fully saturated rings. The summed E-state index contributed by atoms with van der Waals surface area (Å²) in [5.74, 6) is -0.493. The van der Waals surface area contributed by atoms with Crippen molar-refractivity contribution in [2.75, 3.05) is 21.1 Å². The summed E-state index contributed by atoms with van der Waals surface area (Å²) in [5, 5.41) is 9.86. The first-order valence-corrected chi connectivity index (χ1v) is 10.4. The summed E-state index contributed by atoms with van der Waals surface area (Å²) in [6.07, 6.45) is 12.2. The maximum atomic E-state index is 12.0. The fourth-order valence-electron chi connectivity index (χ4n) is 3.99. The van der Waals surface area contributed by atoms with Gasteiger partial charge in [0.15, 0.2) is 6.04 Å². The molecule has 2 atom stereocenters. The molecule has 0 heterocycles. The van der Waals surface area contributed by atoms with Crippen LogP contribution < -0.4 is 0 Å². The second-order valence-corrected chi connectivity index (χ2v) is 8.61. The number of unbranched alkanes of at least 4 members (excludes halogenated alkanes) is 7. The van der Waals surface area contributed by atoms with Crippen LogP contribution in [0.3, 0.4) is 0 Å². The Kier molecular flexibility index (Phi) is 10.6. The highest BCUT2D eigenvalue weighted by atomic mass is 16.4. The van der Waals surface area contributed by atoms with E-state index in [1.807, 2.05) is 39.3 Å². The number of aliphatic carboxylic acids is 1. The lowest BCUT2D eigenvalue weighted by Gasteiger charge is -2.36. The van der Waals surface area contributed by atoms with Crippen LogP contribution in [0.5, 0.6) is 0 Å². The Balaban J connectivity index is 2.59. The van der Waals surface area contributed by atoms with Gasteiger partial charge in [-0.2, -0.15) is 0 Å². The van der Waals surface area contributed by atoms with Gasteiger partial charge in [-0.1, -0.05) is 88.6 Å². The molecule has 0 aliphatic rings. The highest BCUT2D eigenvalue weighted by Gasteiger charge is 2.38. The summed E-state index contributed by atoms with van der Waals surface area (Å²) < 4.78 is 0.476. The standard InChI is InChI=1S/C23H39NO2/c1-5-6-7-8-9-10-11-15-18-21(19-20-16-13-12-14-17-20)22(23(25)26)24(2,3)4/h12-14,16-17,21-22H,5-11,15,18-19H2,1-4H3/p+1. The van der Waals surface area contributed by atoms with Gasteiger partial charge in [-0.25, -0.2) is 4.79 Å². The second-order valence-electron chi connectivity index (χ2n) is 8.61. The fraction of sp³-hybridized carbons (Fsp3) is 0.696. The lowest BCUT2D eigenvalue weighted by atomic mass is 9.86. The van der Waals surface area contributed by atoms with Crippen molar-refractivity contribution in [3.05, 3.63) is 35.9 Å². The molecule has 0 spiro atoms. The van der Waals surface area contributed by atoms with E-state index in [2.05, 4.69) is 19.1 Å². The minimum atomic E-state index is -0.669. The van der Waals surface area contributed by atoms with Gasteiger partial charge in [0.1, 0.15) is 0 Å². The van der Waals surface area contributed by atoms with Gasteiger partial charge in [0.05, 0.1) is 21.1 Å². The summed E-state index contributed by atoms with van der Waals surface area (Å²) in [7, 11) is 6.01. The summed E-state index contributed by atoms with van der Waals surface area (Å²) in [6, 6.07) is 9.99. The first-order valence-electron chi connectivity index (χ1n) is 10.4. The van der Waals surface area contributed by atoms with Crippen LogP contribution in [0.25, 0.3) is 0 Å². The molecule has 0 aliphatic heterocycles. The predicted octanol–water partition coefficient (Wildman–Crippen LogP) is 5.54. The molecule has 1 N–H and O–H groups in total. The summed E-state index contributed by atoms with van der Waals surface area (Å²) in [4.78, 5) is 12.0. The summed E-state index contributed by atoms with van der Waals surface area (Å²) >= 11 is 0. The number of carbonyl (C=O) groups is 1. The lowest BCUT2D eigenvalue weighted by molar-refractivity contribution is -0.891. The van der Waals surface area contributed by atoms with Crippen molar-refractivity contribution in [1.29, 1.82) is 0 Å². The summed E-state index contributed by atoms with van der Waals surface area (Å²) in [5.41, 5.74) is 1.25. The van der Waals surface area contributed by atoms with Crippen LogP contribution in [-0.2, 0) is 11.2 Å². The number of quaternary nitrogens is 1. The minimum Gasteiger partial charge on any atom is -0.477 e. The maximum Gasteiger partial charge on any atom is 0.362 e. The SMILES string of the molecule is CCCCCCCCCCC(Cc1ccccc1)C(C(=O)O)[N+](C)(C)C. The number of nitrogens with zero attached hydrogens (tertiary/aromatic N) is 1. The number of hydrogen-bond donors (Lipinski definition) is 1. The molecular weight excluding hydrogens is 322 g/mol. The molecule has 1 aromatic carbocycles. The molecule has 1 rings (SSSR count). The first-order chi connectivity index (χ1) is 12.4. The van der Waals surface area contributed by atoms with Crippen molar-refractivity contribution in [3.63, 3.8) is 0 Å². The zero-order valence-electron chi connectivity index (χ0n) is 17.4. The third kappa shape index (κ3) is 8.84. The van der Waals surface area contributed by atoms with E-state index in [0.717, 1.165) is 19.3 Å². The topological polar surface area (TPSA) is 37.3 Å². The van der Waals surface area contributed by atoms with Gasteiger partial charge >= 0.3 is 5.97 Å². The molecule has 0 bridgehead atoms. The Hall–Kier alpha value is -1.35. The molecule has 0 aliphatic carbocycles. The van der Waals surface area contributed by atoms with E-state index in [4.69, 9.17) is 0 Å². The van der Waals surface area contributed by atoms with Crippen molar-refractivity contribution in [1.82, 2.24) is 0 Å². The molecule has 2 unspecified atom stereocenters. The third-order valence-corrected chi connectivity index (χ3v) is 5.30. The van der Waals surface area contributed by atoms with Crippen LogP contribution in [0.1, 0.15) is 70.3 Å². The molecule has 3 heteroatoms. The number of rotatable bonds is 14. The number of benzene rings is 1. The van der Waals surface area contributed by atoms with E-state index in [1.165, 1.54) is 50.5 Å². The first kappa shape index (κ1) is 22.7. The van der Waals surface area contributed by atoms with E-state index >= 15 is 0 Å². The minimum absolute atomic E-state index is 0.176. The van der Waals surface area contributed by atoms with Gasteiger partial charge < -0.3 is 9.59 Å². The zero-order chi connectivity index (χ0) is 19.4. The lowest BCUT2D eigenvalue weighted by Crippen LogP contribution is -2.54. The Morgan fingerprint density at radius 2 is 1.46 bits per heavy atom. The highest BCUT2D eigenvalue weighted by Crippen LogP contribution is 2.25. The Morgan fingerprint density at radius 3 is 1.96 bits per heavy atom. The monoisotopic (exact) mass is 362 g/mol. The predicted molar refractivity (Wildman–Crippen MR) is 110 cm³/mol. The highest BCUT2D eigenvalue weighted by molar-refractivity contribution is 5.72. The van der Waals surface area contributed by atoms with Crippen LogP contribution in [0.2, 0.25) is 0 Å². The third-order valence-electron chi connectivity index (χ3n) is 5.30. The van der Waals surface area contributed by atoms with Crippen LogP contribution in [-0.4, -0.2) is 42.7 Å². The van der Waals surface area contributed by atoms with E-state index in [1.54, 1.807) is 0 Å². The molecule has 148 valence electrons. The van der Waals surface area contributed by atoms with E-state index in [0.29, 0.717) is 4.48 Å². The van der Waals surface area contributed by atoms with Crippen LogP contribution in [0.4, 0.5) is 0 Å². The number of likely N-dealkylation sites (N-methyl/N-ethyl adjacent to an activating group) is 1. The van der Waals surface area contributed by atoms with Gasteiger partial charge in [-0.15, -0.1) is 0 Å². The van der Waals surface area contributed by atoms with Gasteiger partial charge in [0.2, 0.25) is 0 Å². The molecule has 0 saturated carbocycles. The molecule has 26 heavy (non-hydrogen) atoms. The molecule has 3 nitrogen and oxygen atoms in total. The van der Waals surface area contributed by atoms with Crippen molar-refractivity contribution < 1.29 is 14.4 Å². The number of hydrogen-bond acceptors (Lipinski definition) is 1. The largest absolute Gasteiger partial charge is 0.477 e. The Bertz CT molecular complexity index is 493. The average Bonchev–Trinajstić information content (AvgIpc) is 2.56. The Labute approximate surface area is 161 Å². The number of carboxylic acids is 1. The van der Waals surface area contributed by atoms with Crippen LogP contribution in [0, 0.1) is 5.92 Å². The molecule has 1 aromatic rings. The zero-order valence-corrected chi connectivity index (χ0v) is 17.4. The molecule has 0 saturated heterocycles. The normalized spacial score (nSPS) is 14.2. The Morgan fingerprint density at radius 1 is 0.923 bits per heavy atom. The molecule has 0 radical (unpaired) electrons.